The maximum absolute atomic E-state index is 13.5. The van der Waals surface area contributed by atoms with Gasteiger partial charge in [-0.3, -0.25) is 0 Å². The molecule has 5 aromatic rings. The smallest absolute Gasteiger partial charge is 0.0979 e. The van der Waals surface area contributed by atoms with Crippen LogP contribution in [0, 0.1) is 0 Å². The summed E-state index contributed by atoms with van der Waals surface area (Å²) in [5.41, 5.74) is 2.27. The van der Waals surface area contributed by atoms with Crippen molar-refractivity contribution in [1.82, 2.24) is 4.72 Å². The minimum Gasteiger partial charge on any atom is -0.242 e. The van der Waals surface area contributed by atoms with Crippen LogP contribution in [0.15, 0.2) is 127 Å². The van der Waals surface area contributed by atoms with Gasteiger partial charge in [0, 0.05) is 0 Å². The Hall–Kier alpha value is -3.10. The first-order chi connectivity index (χ1) is 17.9. The molecule has 0 bridgehead atoms. The van der Waals surface area contributed by atoms with Crippen molar-refractivity contribution in [2.75, 3.05) is 0 Å². The van der Waals surface area contributed by atoms with E-state index in [-0.39, 0.29) is 6.04 Å². The highest BCUT2D eigenvalue weighted by molar-refractivity contribution is 7.84. The summed E-state index contributed by atoms with van der Waals surface area (Å²) in [4.78, 5) is 0. The molecule has 186 valence electrons. The Morgan fingerprint density at radius 2 is 1.19 bits per heavy atom. The molecule has 0 radical (unpaired) electrons. The van der Waals surface area contributed by atoms with E-state index in [1.165, 1.54) is 26.7 Å². The summed E-state index contributed by atoms with van der Waals surface area (Å²) in [5.74, 6) is 0. The van der Waals surface area contributed by atoms with Crippen LogP contribution in [0.1, 0.15) is 37.9 Å². The summed E-state index contributed by atoms with van der Waals surface area (Å²) in [6.07, 6.45) is 0. The van der Waals surface area contributed by atoms with Gasteiger partial charge in [0.25, 0.3) is 0 Å². The van der Waals surface area contributed by atoms with Crippen molar-refractivity contribution in [2.24, 2.45) is 0 Å². The van der Waals surface area contributed by atoms with E-state index >= 15 is 0 Å². The fourth-order valence-electron chi connectivity index (χ4n) is 4.50. The number of nitrogens with one attached hydrogen (secondary N) is 1. The number of hydrogen-bond donors (Lipinski definition) is 1. The molecule has 0 spiro atoms. The van der Waals surface area contributed by atoms with Crippen molar-refractivity contribution in [3.63, 3.8) is 0 Å². The van der Waals surface area contributed by atoms with Gasteiger partial charge in [-0.1, -0.05) is 121 Å². The van der Waals surface area contributed by atoms with Crippen molar-refractivity contribution >= 4 is 45.6 Å². The molecule has 0 fully saturated rings. The zero-order valence-corrected chi connectivity index (χ0v) is 23.2. The highest BCUT2D eigenvalue weighted by Gasteiger charge is 2.28. The molecule has 1 unspecified atom stereocenters. The summed E-state index contributed by atoms with van der Waals surface area (Å²) in [6.45, 7) is 6.04. The first-order valence-corrected chi connectivity index (χ1v) is 15.1. The fourth-order valence-corrected chi connectivity index (χ4v) is 7.82. The molecular formula is C33H32NOPS. The summed E-state index contributed by atoms with van der Waals surface area (Å²) in [5, 5.41) is 6.24. The molecule has 0 aliphatic carbocycles. The van der Waals surface area contributed by atoms with Crippen molar-refractivity contribution in [3.05, 3.63) is 139 Å². The van der Waals surface area contributed by atoms with Crippen LogP contribution in [-0.2, 0) is 11.0 Å². The summed E-state index contributed by atoms with van der Waals surface area (Å²) >= 11 is 0. The largest absolute Gasteiger partial charge is 0.242 e. The second kappa shape index (κ2) is 11.1. The van der Waals surface area contributed by atoms with E-state index < -0.39 is 23.7 Å². The molecule has 0 saturated heterocycles. The maximum Gasteiger partial charge on any atom is 0.0979 e. The van der Waals surface area contributed by atoms with Crippen molar-refractivity contribution in [3.8, 4) is 0 Å². The third-order valence-corrected chi connectivity index (χ3v) is 10.5. The predicted octanol–water partition coefficient (Wildman–Crippen LogP) is 6.74. The van der Waals surface area contributed by atoms with Gasteiger partial charge in [0.1, 0.15) is 0 Å². The normalized spacial score (nSPS) is 13.5. The predicted molar refractivity (Wildman–Crippen MR) is 162 cm³/mol. The second-order valence-electron chi connectivity index (χ2n) is 10.1. The first kappa shape index (κ1) is 25.5. The van der Waals surface area contributed by atoms with Crippen molar-refractivity contribution in [1.29, 1.82) is 0 Å². The Bertz CT molecular complexity index is 1470. The minimum absolute atomic E-state index is 0.224. The van der Waals surface area contributed by atoms with Gasteiger partial charge in [0.2, 0.25) is 0 Å². The Kier molecular flexibility index (Phi) is 7.67. The molecule has 5 rings (SSSR count). The lowest BCUT2D eigenvalue weighted by atomic mass is 9.97. The van der Waals surface area contributed by atoms with Crippen LogP contribution in [0.2, 0.25) is 0 Å². The Balaban J connectivity index is 1.71. The van der Waals surface area contributed by atoms with Crippen LogP contribution in [0.25, 0.3) is 10.8 Å². The van der Waals surface area contributed by atoms with E-state index in [1.54, 1.807) is 0 Å². The van der Waals surface area contributed by atoms with E-state index in [4.69, 9.17) is 0 Å². The maximum atomic E-state index is 13.5. The molecule has 37 heavy (non-hydrogen) atoms. The third-order valence-electron chi connectivity index (χ3n) is 6.41. The molecular weight excluding hydrogens is 489 g/mol. The molecule has 0 aromatic heterocycles. The molecule has 5 aromatic carbocycles. The van der Waals surface area contributed by atoms with Gasteiger partial charge in [0.05, 0.1) is 21.8 Å². The summed E-state index contributed by atoms with van der Waals surface area (Å²) in [7, 11) is -2.07. The first-order valence-electron chi connectivity index (χ1n) is 12.6. The summed E-state index contributed by atoms with van der Waals surface area (Å²) in [6, 6.07) is 44.9. The van der Waals surface area contributed by atoms with Crippen LogP contribution in [0.5, 0.6) is 0 Å². The molecule has 4 heteroatoms. The molecule has 0 heterocycles. The van der Waals surface area contributed by atoms with Gasteiger partial charge >= 0.3 is 0 Å². The van der Waals surface area contributed by atoms with Gasteiger partial charge in [-0.15, -0.1) is 0 Å². The van der Waals surface area contributed by atoms with Crippen LogP contribution in [0.3, 0.4) is 0 Å². The van der Waals surface area contributed by atoms with E-state index in [0.717, 1.165) is 11.1 Å². The average molecular weight is 522 g/mol. The topological polar surface area (TPSA) is 29.1 Å². The van der Waals surface area contributed by atoms with Gasteiger partial charge in [-0.2, -0.15) is 0 Å². The van der Waals surface area contributed by atoms with Crippen LogP contribution in [-0.4, -0.2) is 8.96 Å². The lowest BCUT2D eigenvalue weighted by Gasteiger charge is -2.29. The number of hydrogen-bond acceptors (Lipinski definition) is 1. The Labute approximate surface area is 224 Å². The van der Waals surface area contributed by atoms with Gasteiger partial charge in [-0.05, 0) is 72.6 Å². The zero-order chi connectivity index (χ0) is 25.8. The lowest BCUT2D eigenvalue weighted by molar-refractivity contribution is 0.624. The van der Waals surface area contributed by atoms with Crippen LogP contribution in [0.4, 0.5) is 0 Å². The van der Waals surface area contributed by atoms with Gasteiger partial charge in [0.15, 0.2) is 0 Å². The average Bonchev–Trinajstić information content (AvgIpc) is 2.92. The monoisotopic (exact) mass is 521 g/mol. The SMILES string of the molecule is CC(C)(C)S(=O)N[C@@H](c1ccc2ccccc2c1)c1ccccc1P(c1ccccc1)c1ccccc1. The van der Waals surface area contributed by atoms with Crippen LogP contribution < -0.4 is 20.6 Å². The van der Waals surface area contributed by atoms with Gasteiger partial charge in [-0.25, -0.2) is 8.93 Å². The highest BCUT2D eigenvalue weighted by Crippen LogP contribution is 2.37. The second-order valence-corrected chi connectivity index (χ2v) is 14.3. The van der Waals surface area contributed by atoms with E-state index in [0.29, 0.717) is 0 Å². The van der Waals surface area contributed by atoms with Gasteiger partial charge < -0.3 is 0 Å². The number of rotatable bonds is 7. The van der Waals surface area contributed by atoms with Crippen molar-refractivity contribution < 1.29 is 4.21 Å². The molecule has 0 aliphatic heterocycles. The van der Waals surface area contributed by atoms with E-state index in [9.17, 15) is 4.21 Å². The third kappa shape index (κ3) is 5.75. The molecule has 2 atom stereocenters. The fraction of sp³-hybridized carbons (Fsp3) is 0.152. The van der Waals surface area contributed by atoms with E-state index in [2.05, 4.69) is 132 Å². The lowest BCUT2D eigenvalue weighted by Crippen LogP contribution is -2.38. The Morgan fingerprint density at radius 1 is 0.649 bits per heavy atom. The number of benzene rings is 5. The minimum atomic E-state index is -1.26. The van der Waals surface area contributed by atoms with Crippen LogP contribution >= 0.6 is 7.92 Å². The van der Waals surface area contributed by atoms with Crippen molar-refractivity contribution in [2.45, 2.75) is 31.6 Å². The summed E-state index contributed by atoms with van der Waals surface area (Å²) < 4.78 is 16.7. The molecule has 2 nitrogen and oxygen atoms in total. The Morgan fingerprint density at radius 3 is 1.81 bits per heavy atom. The number of fused-ring (bicyclic) bond motifs is 1. The zero-order valence-electron chi connectivity index (χ0n) is 21.5. The molecule has 0 amide bonds. The highest BCUT2D eigenvalue weighted by atomic mass is 32.2. The molecule has 1 N–H and O–H groups in total. The molecule has 0 aliphatic rings. The quantitative estimate of drug-likeness (QED) is 0.236. The molecule has 0 saturated carbocycles. The standard InChI is InChI=1S/C33H32NOPS/c1-33(2,3)37(35)34-32(27-23-22-25-14-10-11-15-26(25)24-27)30-20-12-13-21-31(30)36(28-16-6-4-7-17-28)29-18-8-5-9-19-29/h4-24,32,34H,1-3H3/t32-,37?/m0/s1. The van der Waals surface area contributed by atoms with E-state index in [1.807, 2.05) is 20.8 Å².